The number of nitrogens with zero attached hydrogens (tertiary/aromatic N) is 2. The molecule has 1 aromatic heterocycles. The van der Waals surface area contributed by atoms with E-state index in [-0.39, 0.29) is 10.5 Å². The lowest BCUT2D eigenvalue weighted by Crippen LogP contribution is -2.14. The van der Waals surface area contributed by atoms with Gasteiger partial charge in [-0.3, -0.25) is 9.71 Å². The minimum absolute atomic E-state index is 0.00280. The number of rotatable bonds is 5. The average molecular weight is 396 g/mol. The van der Waals surface area contributed by atoms with Crippen LogP contribution < -0.4 is 4.72 Å². The lowest BCUT2D eigenvalue weighted by atomic mass is 9.99. The van der Waals surface area contributed by atoms with Crippen LogP contribution in [-0.2, 0) is 10.0 Å². The standard InChI is InChI=1S/C20H14ClN3O2S/c1-14(16-7-9-23-10-8-16)19-12-17(21)5-6-20(19)24-27(25,26)18-4-2-3-15(11-18)13-22/h2-12,24H,1H2. The van der Waals surface area contributed by atoms with Crippen LogP contribution in [0.25, 0.3) is 5.57 Å². The Balaban J connectivity index is 2.02. The first kappa shape index (κ1) is 18.6. The molecule has 0 fully saturated rings. The molecule has 0 aliphatic carbocycles. The lowest BCUT2D eigenvalue weighted by molar-refractivity contribution is 0.601. The van der Waals surface area contributed by atoms with E-state index in [1.165, 1.54) is 24.3 Å². The van der Waals surface area contributed by atoms with Crippen molar-refractivity contribution in [3.8, 4) is 6.07 Å². The van der Waals surface area contributed by atoms with Crippen LogP contribution in [0.5, 0.6) is 0 Å². The van der Waals surface area contributed by atoms with E-state index in [0.29, 0.717) is 21.8 Å². The molecule has 1 heterocycles. The first-order valence-electron chi connectivity index (χ1n) is 7.83. The van der Waals surface area contributed by atoms with Gasteiger partial charge in [0.15, 0.2) is 0 Å². The fourth-order valence-corrected chi connectivity index (χ4v) is 3.80. The van der Waals surface area contributed by atoms with Gasteiger partial charge in [-0.1, -0.05) is 24.2 Å². The van der Waals surface area contributed by atoms with Gasteiger partial charge in [-0.2, -0.15) is 5.26 Å². The molecule has 7 heteroatoms. The highest BCUT2D eigenvalue weighted by Crippen LogP contribution is 2.32. The molecule has 0 unspecified atom stereocenters. The van der Waals surface area contributed by atoms with E-state index in [9.17, 15) is 8.42 Å². The topological polar surface area (TPSA) is 82.8 Å². The van der Waals surface area contributed by atoms with Crippen LogP contribution in [0.15, 0.2) is 78.5 Å². The summed E-state index contributed by atoms with van der Waals surface area (Å²) < 4.78 is 28.1. The summed E-state index contributed by atoms with van der Waals surface area (Å²) in [5.41, 5.74) is 2.54. The summed E-state index contributed by atoms with van der Waals surface area (Å²) in [4.78, 5) is 3.97. The predicted molar refractivity (Wildman–Crippen MR) is 106 cm³/mol. The molecule has 0 bridgehead atoms. The van der Waals surface area contributed by atoms with Crippen molar-refractivity contribution in [3.63, 3.8) is 0 Å². The van der Waals surface area contributed by atoms with Crippen molar-refractivity contribution in [2.75, 3.05) is 4.72 Å². The van der Waals surface area contributed by atoms with Gasteiger partial charge >= 0.3 is 0 Å². The maximum Gasteiger partial charge on any atom is 0.261 e. The van der Waals surface area contributed by atoms with Crippen molar-refractivity contribution >= 4 is 32.9 Å². The van der Waals surface area contributed by atoms with Crippen LogP contribution in [-0.4, -0.2) is 13.4 Å². The van der Waals surface area contributed by atoms with E-state index < -0.39 is 10.0 Å². The highest BCUT2D eigenvalue weighted by molar-refractivity contribution is 7.92. The van der Waals surface area contributed by atoms with E-state index in [2.05, 4.69) is 16.3 Å². The fourth-order valence-electron chi connectivity index (χ4n) is 2.50. The molecule has 5 nitrogen and oxygen atoms in total. The van der Waals surface area contributed by atoms with Gasteiger partial charge in [-0.25, -0.2) is 8.42 Å². The molecule has 3 rings (SSSR count). The van der Waals surface area contributed by atoms with E-state index >= 15 is 0 Å². The van der Waals surface area contributed by atoms with Crippen molar-refractivity contribution < 1.29 is 8.42 Å². The Hall–Kier alpha value is -3.14. The lowest BCUT2D eigenvalue weighted by Gasteiger charge is -2.15. The first-order valence-corrected chi connectivity index (χ1v) is 9.69. The fraction of sp³-hybridized carbons (Fsp3) is 0. The summed E-state index contributed by atoms with van der Waals surface area (Å²) >= 11 is 6.11. The monoisotopic (exact) mass is 395 g/mol. The van der Waals surface area contributed by atoms with Crippen LogP contribution >= 0.6 is 11.6 Å². The number of hydrogen-bond acceptors (Lipinski definition) is 4. The van der Waals surface area contributed by atoms with Crippen LogP contribution in [0, 0.1) is 11.3 Å². The Morgan fingerprint density at radius 1 is 1.11 bits per heavy atom. The number of pyridine rings is 1. The molecule has 2 aromatic carbocycles. The molecule has 0 saturated carbocycles. The summed E-state index contributed by atoms with van der Waals surface area (Å²) in [7, 11) is -3.89. The number of anilines is 1. The second kappa shape index (κ2) is 7.62. The Morgan fingerprint density at radius 2 is 1.85 bits per heavy atom. The van der Waals surface area contributed by atoms with Crippen molar-refractivity contribution in [3.05, 3.63) is 95.3 Å². The normalized spacial score (nSPS) is 10.8. The minimum Gasteiger partial charge on any atom is -0.279 e. The highest BCUT2D eigenvalue weighted by atomic mass is 35.5. The van der Waals surface area contributed by atoms with Crippen molar-refractivity contribution in [1.29, 1.82) is 5.26 Å². The third kappa shape index (κ3) is 4.17. The Labute approximate surface area is 162 Å². The van der Waals surface area contributed by atoms with Gasteiger partial charge in [0, 0.05) is 23.0 Å². The number of aromatic nitrogens is 1. The van der Waals surface area contributed by atoms with E-state index in [4.69, 9.17) is 16.9 Å². The largest absolute Gasteiger partial charge is 0.279 e. The smallest absolute Gasteiger partial charge is 0.261 e. The van der Waals surface area contributed by atoms with E-state index in [1.807, 2.05) is 6.07 Å². The van der Waals surface area contributed by atoms with Gasteiger partial charge in [0.1, 0.15) is 0 Å². The second-order valence-electron chi connectivity index (χ2n) is 5.65. The zero-order valence-electron chi connectivity index (χ0n) is 14.1. The van der Waals surface area contributed by atoms with Crippen molar-refractivity contribution in [1.82, 2.24) is 4.98 Å². The van der Waals surface area contributed by atoms with Gasteiger partial charge in [0.05, 0.1) is 22.2 Å². The molecule has 0 saturated heterocycles. The Bertz CT molecular complexity index is 1150. The molecular weight excluding hydrogens is 382 g/mol. The first-order chi connectivity index (χ1) is 12.9. The number of nitriles is 1. The summed E-state index contributed by atoms with van der Waals surface area (Å²) in [6.07, 6.45) is 3.25. The Morgan fingerprint density at radius 3 is 2.56 bits per heavy atom. The van der Waals surface area contributed by atoms with Gasteiger partial charge < -0.3 is 0 Å². The van der Waals surface area contributed by atoms with Gasteiger partial charge in [0.25, 0.3) is 10.0 Å². The maximum absolute atomic E-state index is 12.8. The molecule has 0 aliphatic rings. The van der Waals surface area contributed by atoms with Gasteiger partial charge in [-0.15, -0.1) is 0 Å². The molecule has 134 valence electrons. The third-order valence-corrected chi connectivity index (χ3v) is 5.45. The number of hydrogen-bond donors (Lipinski definition) is 1. The van der Waals surface area contributed by atoms with Gasteiger partial charge in [0.2, 0.25) is 0 Å². The van der Waals surface area contributed by atoms with Crippen LogP contribution in [0.2, 0.25) is 5.02 Å². The molecule has 3 aromatic rings. The zero-order valence-corrected chi connectivity index (χ0v) is 15.6. The Kier molecular flexibility index (Phi) is 5.26. The summed E-state index contributed by atoms with van der Waals surface area (Å²) in [6, 6.07) is 16.1. The maximum atomic E-state index is 12.8. The average Bonchev–Trinajstić information content (AvgIpc) is 2.69. The molecule has 27 heavy (non-hydrogen) atoms. The van der Waals surface area contributed by atoms with Crippen molar-refractivity contribution in [2.45, 2.75) is 4.90 Å². The van der Waals surface area contributed by atoms with Crippen LogP contribution in [0.4, 0.5) is 5.69 Å². The predicted octanol–water partition coefficient (Wildman–Crippen LogP) is 4.47. The number of benzene rings is 2. The summed E-state index contributed by atoms with van der Waals surface area (Å²) in [5, 5.41) is 9.45. The molecule has 0 spiro atoms. The molecule has 1 N–H and O–H groups in total. The summed E-state index contributed by atoms with van der Waals surface area (Å²) in [6.45, 7) is 4.06. The van der Waals surface area contributed by atoms with Crippen LogP contribution in [0.1, 0.15) is 16.7 Å². The van der Waals surface area contributed by atoms with Crippen molar-refractivity contribution in [2.24, 2.45) is 0 Å². The van der Waals surface area contributed by atoms with E-state index in [0.717, 1.165) is 5.56 Å². The number of halogens is 1. The van der Waals surface area contributed by atoms with E-state index in [1.54, 1.807) is 42.7 Å². The highest BCUT2D eigenvalue weighted by Gasteiger charge is 2.18. The quantitative estimate of drug-likeness (QED) is 0.690. The van der Waals surface area contributed by atoms with Gasteiger partial charge in [-0.05, 0) is 59.7 Å². The molecule has 0 atom stereocenters. The molecular formula is C20H14ClN3O2S. The zero-order chi connectivity index (χ0) is 19.4. The second-order valence-corrected chi connectivity index (χ2v) is 7.77. The molecule has 0 radical (unpaired) electrons. The SMILES string of the molecule is C=C(c1ccncc1)c1cc(Cl)ccc1NS(=O)(=O)c1cccc(C#N)c1. The van der Waals surface area contributed by atoms with Crippen LogP contribution in [0.3, 0.4) is 0 Å². The summed E-state index contributed by atoms with van der Waals surface area (Å²) in [5.74, 6) is 0. The molecule has 0 aliphatic heterocycles. The third-order valence-electron chi connectivity index (χ3n) is 3.85. The number of sulfonamides is 1. The molecule has 0 amide bonds. The minimum atomic E-state index is -3.89. The number of nitrogens with one attached hydrogen (secondary N) is 1.